The summed E-state index contributed by atoms with van der Waals surface area (Å²) in [6.07, 6.45) is -3.61. The molecule has 1 N–H and O–H groups in total. The van der Waals surface area contributed by atoms with Crippen LogP contribution in [0.15, 0.2) is 101 Å². The average Bonchev–Trinajstić information content (AvgIpc) is 3.19. The van der Waals surface area contributed by atoms with E-state index in [4.69, 9.17) is 23.2 Å². The molecule has 1 heterocycles. The highest BCUT2D eigenvalue weighted by atomic mass is 35.5. The predicted molar refractivity (Wildman–Crippen MR) is 160 cm³/mol. The minimum atomic E-state index is -5.18. The molecule has 234 valence electrons. The molecule has 45 heavy (non-hydrogen) atoms. The number of alkyl halides is 4. The van der Waals surface area contributed by atoms with Crippen molar-refractivity contribution in [3.63, 3.8) is 0 Å². The van der Waals surface area contributed by atoms with Crippen LogP contribution in [0.5, 0.6) is 0 Å². The van der Waals surface area contributed by atoms with Gasteiger partial charge in [0.05, 0.1) is 27.0 Å². The van der Waals surface area contributed by atoms with E-state index in [9.17, 15) is 36.0 Å². The second-order valence-corrected chi connectivity index (χ2v) is 13.4. The molecule has 0 fully saturated rings. The Balaban J connectivity index is 1.51. The van der Waals surface area contributed by atoms with Crippen molar-refractivity contribution in [3.05, 3.63) is 118 Å². The highest BCUT2D eigenvalue weighted by molar-refractivity contribution is 7.90. The number of benzene rings is 3. The van der Waals surface area contributed by atoms with Gasteiger partial charge in [-0.3, -0.25) is 24.0 Å². The molecule has 8 nitrogen and oxygen atoms in total. The van der Waals surface area contributed by atoms with Gasteiger partial charge in [-0.25, -0.2) is 8.42 Å². The Morgan fingerprint density at radius 3 is 2.07 bits per heavy atom. The first-order valence-electron chi connectivity index (χ1n) is 13.3. The van der Waals surface area contributed by atoms with E-state index in [1.807, 2.05) is 0 Å². The molecular formula is C31H23Cl2F3N2O6S. The fourth-order valence-electron chi connectivity index (χ4n) is 5.22. The van der Waals surface area contributed by atoms with Gasteiger partial charge in [0.1, 0.15) is 0 Å². The first-order chi connectivity index (χ1) is 21.1. The van der Waals surface area contributed by atoms with Gasteiger partial charge in [0.15, 0.2) is 14.9 Å². The maximum Gasteiger partial charge on any atom is 0.524 e. The van der Waals surface area contributed by atoms with Gasteiger partial charge in [-0.15, -0.1) is 13.2 Å². The van der Waals surface area contributed by atoms with Crippen LogP contribution in [0.2, 0.25) is 0 Å². The Bertz CT molecular complexity index is 1830. The third kappa shape index (κ3) is 6.84. The number of nitrogens with one attached hydrogen (secondary N) is 1. The van der Waals surface area contributed by atoms with Crippen LogP contribution in [-0.4, -0.2) is 55.3 Å². The number of carbonyl (C=O) groups excluding carboxylic acids is 3. The van der Waals surface area contributed by atoms with Crippen molar-refractivity contribution >= 4 is 56.3 Å². The molecule has 0 spiro atoms. The van der Waals surface area contributed by atoms with E-state index >= 15 is 0 Å². The van der Waals surface area contributed by atoms with Crippen molar-refractivity contribution in [2.45, 2.75) is 28.7 Å². The van der Waals surface area contributed by atoms with Gasteiger partial charge in [-0.1, -0.05) is 77.8 Å². The summed E-state index contributed by atoms with van der Waals surface area (Å²) < 4.78 is 69.1. The van der Waals surface area contributed by atoms with Gasteiger partial charge in [0.2, 0.25) is 5.91 Å². The number of imide groups is 1. The van der Waals surface area contributed by atoms with E-state index in [-0.39, 0.29) is 43.5 Å². The predicted octanol–water partition coefficient (Wildman–Crippen LogP) is 6.00. The van der Waals surface area contributed by atoms with Gasteiger partial charge in [0, 0.05) is 30.5 Å². The van der Waals surface area contributed by atoms with Crippen LogP contribution in [0, 0.1) is 0 Å². The summed E-state index contributed by atoms with van der Waals surface area (Å²) in [4.78, 5) is 40.9. The monoisotopic (exact) mass is 678 g/mol. The van der Waals surface area contributed by atoms with Crippen LogP contribution < -0.4 is 5.32 Å². The summed E-state index contributed by atoms with van der Waals surface area (Å²) in [5.41, 5.74) is 0.474. The molecule has 0 aromatic heterocycles. The molecule has 2 unspecified atom stereocenters. The van der Waals surface area contributed by atoms with Gasteiger partial charge < -0.3 is 5.32 Å². The molecule has 14 heteroatoms. The van der Waals surface area contributed by atoms with E-state index in [0.29, 0.717) is 0 Å². The number of amides is 3. The molecule has 2 atom stereocenters. The number of halogens is 5. The normalized spacial score (nSPS) is 19.3. The summed E-state index contributed by atoms with van der Waals surface area (Å²) in [6.45, 7) is -0.465. The molecule has 0 saturated heterocycles. The van der Waals surface area contributed by atoms with Crippen molar-refractivity contribution in [2.75, 3.05) is 12.8 Å². The van der Waals surface area contributed by atoms with Crippen LogP contribution >= 0.6 is 23.2 Å². The molecule has 2 aliphatic rings. The Kier molecular flexibility index (Phi) is 8.71. The molecule has 3 aromatic rings. The van der Waals surface area contributed by atoms with Crippen LogP contribution in [0.3, 0.4) is 0 Å². The lowest BCUT2D eigenvalue weighted by Gasteiger charge is -2.35. The number of hydrogen-bond acceptors (Lipinski definition) is 6. The lowest BCUT2D eigenvalue weighted by Crippen LogP contribution is -2.42. The zero-order chi connectivity index (χ0) is 32.7. The van der Waals surface area contributed by atoms with Crippen molar-refractivity contribution in [3.8, 4) is 0 Å². The molecule has 3 amide bonds. The van der Waals surface area contributed by atoms with Crippen LogP contribution in [-0.2, 0) is 19.4 Å². The smallest absolute Gasteiger partial charge is 0.329 e. The van der Waals surface area contributed by atoms with Crippen LogP contribution in [0.4, 0.5) is 13.2 Å². The van der Waals surface area contributed by atoms with Gasteiger partial charge in [-0.05, 0) is 41.5 Å². The first kappa shape index (κ1) is 32.4. The third-order valence-electron chi connectivity index (χ3n) is 7.23. The molecular weight excluding hydrogens is 656 g/mol. The minimum Gasteiger partial charge on any atom is -0.329 e. The van der Waals surface area contributed by atoms with Crippen molar-refractivity contribution < 1.29 is 40.7 Å². The minimum absolute atomic E-state index is 0.0392. The number of hydrogen-bond donors (Lipinski definition) is 1. The number of carbonyl (C=O) groups is 3. The summed E-state index contributed by atoms with van der Waals surface area (Å²) in [5, 5.41) is -0.257. The Hall–Kier alpha value is -3.97. The largest absolute Gasteiger partial charge is 0.524 e. The zero-order valence-electron chi connectivity index (χ0n) is 23.3. The van der Waals surface area contributed by atoms with E-state index in [0.717, 1.165) is 11.2 Å². The van der Waals surface area contributed by atoms with Gasteiger partial charge in [-0.2, -0.15) is 0 Å². The molecule has 0 bridgehead atoms. The average molecular weight is 680 g/mol. The SMILES string of the molecule is CS(=O)(=O)c1ccc(C(CN2C(=O)c3ccccc3C2=O)C(=O)NC2=CC(Cl)=C(c3ccccc3)C(Cl)(OC(F)(F)F)C2)cc1. The van der Waals surface area contributed by atoms with Gasteiger partial charge >= 0.3 is 6.36 Å². The lowest BCUT2D eigenvalue weighted by molar-refractivity contribution is -0.342. The Morgan fingerprint density at radius 2 is 1.53 bits per heavy atom. The standard InChI is InChI=1S/C31H23Cl2F3N2O6S/c1-45(42,43)21-13-11-18(12-14-21)24(17-38-28(40)22-9-5-6-10-23(22)29(38)41)27(39)37-20-15-25(32)26(19-7-3-2-4-8-19)30(33,16-20)44-31(34,35)36/h2-15,24H,16-17H2,1H3,(H,37,39). The second-order valence-electron chi connectivity index (χ2n) is 10.4. The molecule has 0 saturated carbocycles. The zero-order valence-corrected chi connectivity index (χ0v) is 25.6. The maximum absolute atomic E-state index is 13.8. The van der Waals surface area contributed by atoms with E-state index in [2.05, 4.69) is 10.1 Å². The second kappa shape index (κ2) is 12.1. The molecule has 3 aromatic carbocycles. The molecule has 1 aliphatic carbocycles. The van der Waals surface area contributed by atoms with E-state index in [1.54, 1.807) is 30.3 Å². The Labute approximate surface area is 266 Å². The highest BCUT2D eigenvalue weighted by Gasteiger charge is 2.49. The fourth-order valence-corrected chi connectivity index (χ4v) is 6.73. The summed E-state index contributed by atoms with van der Waals surface area (Å²) >= 11 is 12.9. The van der Waals surface area contributed by atoms with Crippen LogP contribution in [0.1, 0.15) is 44.2 Å². The molecule has 1 aliphatic heterocycles. The van der Waals surface area contributed by atoms with Crippen LogP contribution in [0.25, 0.3) is 5.57 Å². The fraction of sp³-hybridized carbons (Fsp3) is 0.194. The molecule has 5 rings (SSSR count). The highest BCUT2D eigenvalue weighted by Crippen LogP contribution is 2.48. The summed E-state index contributed by atoms with van der Waals surface area (Å²) in [6, 6.07) is 19.2. The lowest BCUT2D eigenvalue weighted by atomic mass is 9.91. The number of nitrogens with zero attached hydrogens (tertiary/aromatic N) is 1. The molecule has 0 radical (unpaired) electrons. The van der Waals surface area contributed by atoms with E-state index in [1.165, 1.54) is 54.6 Å². The number of allylic oxidation sites excluding steroid dienone is 2. The van der Waals surface area contributed by atoms with Crippen molar-refractivity contribution in [1.82, 2.24) is 10.2 Å². The number of ether oxygens (including phenoxy) is 1. The van der Waals surface area contributed by atoms with Crippen molar-refractivity contribution in [2.24, 2.45) is 0 Å². The summed E-state index contributed by atoms with van der Waals surface area (Å²) in [7, 11) is -3.60. The topological polar surface area (TPSA) is 110 Å². The quantitative estimate of drug-likeness (QED) is 0.231. The van der Waals surface area contributed by atoms with E-state index < -0.39 is 57.9 Å². The van der Waals surface area contributed by atoms with Crippen molar-refractivity contribution in [1.29, 1.82) is 0 Å². The first-order valence-corrected chi connectivity index (χ1v) is 15.9. The number of sulfone groups is 1. The number of fused-ring (bicyclic) bond motifs is 1. The number of rotatable bonds is 8. The van der Waals surface area contributed by atoms with Gasteiger partial charge in [0.25, 0.3) is 11.8 Å². The maximum atomic E-state index is 13.8. The third-order valence-corrected chi connectivity index (χ3v) is 9.05. The Morgan fingerprint density at radius 1 is 0.978 bits per heavy atom. The summed E-state index contributed by atoms with van der Waals surface area (Å²) in [5.74, 6) is -3.40.